The SMILES string of the molecule is CC(C)C1CCOC(c2ccccc2F)C(C)N1. The zero-order chi connectivity index (χ0) is 13.1. The van der Waals surface area contributed by atoms with Crippen molar-refractivity contribution in [1.82, 2.24) is 5.32 Å². The van der Waals surface area contributed by atoms with Crippen molar-refractivity contribution in [3.8, 4) is 0 Å². The Morgan fingerprint density at radius 2 is 2.06 bits per heavy atom. The molecule has 2 rings (SSSR count). The summed E-state index contributed by atoms with van der Waals surface area (Å²) in [4.78, 5) is 0. The van der Waals surface area contributed by atoms with E-state index >= 15 is 0 Å². The Kier molecular flexibility index (Phi) is 4.36. The summed E-state index contributed by atoms with van der Waals surface area (Å²) >= 11 is 0. The van der Waals surface area contributed by atoms with Gasteiger partial charge in [0, 0.05) is 24.3 Å². The van der Waals surface area contributed by atoms with Crippen molar-refractivity contribution in [2.24, 2.45) is 5.92 Å². The van der Waals surface area contributed by atoms with Gasteiger partial charge in [-0.2, -0.15) is 0 Å². The number of rotatable bonds is 2. The molecule has 0 aromatic heterocycles. The molecule has 1 fully saturated rings. The molecule has 1 aliphatic rings. The maximum atomic E-state index is 13.8. The second-order valence-corrected chi connectivity index (χ2v) is 5.41. The van der Waals surface area contributed by atoms with Crippen molar-refractivity contribution >= 4 is 0 Å². The maximum absolute atomic E-state index is 13.8. The molecule has 2 nitrogen and oxygen atoms in total. The second-order valence-electron chi connectivity index (χ2n) is 5.41. The number of hydrogen-bond acceptors (Lipinski definition) is 2. The summed E-state index contributed by atoms with van der Waals surface area (Å²) in [6.07, 6.45) is 0.780. The molecule has 0 bridgehead atoms. The van der Waals surface area contributed by atoms with E-state index in [9.17, 15) is 4.39 Å². The van der Waals surface area contributed by atoms with Crippen LogP contribution >= 0.6 is 0 Å². The van der Waals surface area contributed by atoms with E-state index in [1.54, 1.807) is 6.07 Å². The number of benzene rings is 1. The van der Waals surface area contributed by atoms with Crippen molar-refractivity contribution in [3.63, 3.8) is 0 Å². The predicted molar refractivity (Wildman–Crippen MR) is 70.9 cm³/mol. The van der Waals surface area contributed by atoms with E-state index in [0.717, 1.165) is 6.42 Å². The van der Waals surface area contributed by atoms with Crippen LogP contribution in [0.4, 0.5) is 4.39 Å². The van der Waals surface area contributed by atoms with Gasteiger partial charge in [-0.05, 0) is 25.3 Å². The topological polar surface area (TPSA) is 21.3 Å². The van der Waals surface area contributed by atoms with Crippen LogP contribution in [-0.4, -0.2) is 18.7 Å². The lowest BCUT2D eigenvalue weighted by molar-refractivity contribution is 0.0436. The van der Waals surface area contributed by atoms with E-state index in [1.807, 2.05) is 12.1 Å². The lowest BCUT2D eigenvalue weighted by Crippen LogP contribution is -2.41. The third-order valence-electron chi connectivity index (χ3n) is 3.67. The van der Waals surface area contributed by atoms with Gasteiger partial charge in [0.25, 0.3) is 0 Å². The number of ether oxygens (including phenoxy) is 1. The van der Waals surface area contributed by atoms with Crippen molar-refractivity contribution in [1.29, 1.82) is 0 Å². The van der Waals surface area contributed by atoms with Crippen molar-refractivity contribution in [2.75, 3.05) is 6.61 Å². The summed E-state index contributed by atoms with van der Waals surface area (Å²) < 4.78 is 19.7. The first-order chi connectivity index (χ1) is 8.59. The first-order valence-corrected chi connectivity index (χ1v) is 6.71. The molecule has 100 valence electrons. The molecular weight excluding hydrogens is 229 g/mol. The van der Waals surface area contributed by atoms with Gasteiger partial charge in [-0.15, -0.1) is 0 Å². The number of halogens is 1. The predicted octanol–water partition coefficient (Wildman–Crippen LogP) is 3.29. The van der Waals surface area contributed by atoms with Crippen LogP contribution in [0.5, 0.6) is 0 Å². The molecule has 3 unspecified atom stereocenters. The van der Waals surface area contributed by atoms with E-state index in [4.69, 9.17) is 4.74 Å². The Morgan fingerprint density at radius 3 is 2.72 bits per heavy atom. The molecule has 1 aliphatic heterocycles. The van der Waals surface area contributed by atoms with Gasteiger partial charge in [-0.1, -0.05) is 32.0 Å². The highest BCUT2D eigenvalue weighted by molar-refractivity contribution is 5.21. The van der Waals surface area contributed by atoms with Crippen LogP contribution in [0, 0.1) is 11.7 Å². The molecule has 1 aromatic rings. The van der Waals surface area contributed by atoms with Crippen molar-refractivity contribution in [3.05, 3.63) is 35.6 Å². The van der Waals surface area contributed by atoms with Crippen LogP contribution in [0.2, 0.25) is 0 Å². The van der Waals surface area contributed by atoms with Gasteiger partial charge in [0.1, 0.15) is 11.9 Å². The minimum Gasteiger partial charge on any atom is -0.372 e. The van der Waals surface area contributed by atoms with Gasteiger partial charge in [0.05, 0.1) is 0 Å². The molecule has 18 heavy (non-hydrogen) atoms. The van der Waals surface area contributed by atoms with Crippen LogP contribution in [-0.2, 0) is 4.74 Å². The van der Waals surface area contributed by atoms with Gasteiger partial charge in [0.15, 0.2) is 0 Å². The first-order valence-electron chi connectivity index (χ1n) is 6.71. The van der Waals surface area contributed by atoms with Gasteiger partial charge in [-0.3, -0.25) is 0 Å². The Bertz CT molecular complexity index is 394. The molecule has 1 aromatic carbocycles. The summed E-state index contributed by atoms with van der Waals surface area (Å²) in [5, 5.41) is 3.56. The molecule has 0 radical (unpaired) electrons. The fourth-order valence-electron chi connectivity index (χ4n) is 2.57. The summed E-state index contributed by atoms with van der Waals surface area (Å²) in [5.74, 6) is 0.384. The third kappa shape index (κ3) is 2.90. The van der Waals surface area contributed by atoms with Gasteiger partial charge in [-0.25, -0.2) is 4.39 Å². The van der Waals surface area contributed by atoms with E-state index in [1.165, 1.54) is 6.07 Å². The molecule has 1 heterocycles. The fraction of sp³-hybridized carbons (Fsp3) is 0.600. The zero-order valence-electron chi connectivity index (χ0n) is 11.3. The molecule has 0 spiro atoms. The third-order valence-corrected chi connectivity index (χ3v) is 3.67. The van der Waals surface area contributed by atoms with Crippen LogP contribution in [0.15, 0.2) is 24.3 Å². The van der Waals surface area contributed by atoms with Crippen molar-refractivity contribution in [2.45, 2.75) is 45.4 Å². The first kappa shape index (κ1) is 13.5. The summed E-state index contributed by atoms with van der Waals surface area (Å²) in [5.41, 5.74) is 0.655. The second kappa shape index (κ2) is 5.81. The largest absolute Gasteiger partial charge is 0.372 e. The highest BCUT2D eigenvalue weighted by atomic mass is 19.1. The molecule has 0 aliphatic carbocycles. The average molecular weight is 251 g/mol. The Morgan fingerprint density at radius 1 is 1.33 bits per heavy atom. The lowest BCUT2D eigenvalue weighted by Gasteiger charge is -2.26. The van der Waals surface area contributed by atoms with Crippen LogP contribution in [0.1, 0.15) is 38.9 Å². The molecule has 1 N–H and O–H groups in total. The standard InChI is InChI=1S/C15H22FNO/c1-10(2)14-8-9-18-15(11(3)17-14)12-6-4-5-7-13(12)16/h4-7,10-11,14-15,17H,8-9H2,1-3H3. The normalized spacial score (nSPS) is 29.3. The number of nitrogens with one attached hydrogen (secondary N) is 1. The quantitative estimate of drug-likeness (QED) is 0.871. The highest BCUT2D eigenvalue weighted by Gasteiger charge is 2.29. The van der Waals surface area contributed by atoms with Gasteiger partial charge in [0.2, 0.25) is 0 Å². The van der Waals surface area contributed by atoms with E-state index < -0.39 is 0 Å². The minimum atomic E-state index is -0.199. The lowest BCUT2D eigenvalue weighted by atomic mass is 9.98. The fourth-order valence-corrected chi connectivity index (χ4v) is 2.57. The molecule has 0 amide bonds. The smallest absolute Gasteiger partial charge is 0.129 e. The van der Waals surface area contributed by atoms with Crippen molar-refractivity contribution < 1.29 is 9.13 Å². The Labute approximate surface area is 109 Å². The summed E-state index contributed by atoms with van der Waals surface area (Å²) in [6, 6.07) is 7.45. The molecule has 0 saturated carbocycles. The van der Waals surface area contributed by atoms with Crippen LogP contribution < -0.4 is 5.32 Å². The maximum Gasteiger partial charge on any atom is 0.129 e. The monoisotopic (exact) mass is 251 g/mol. The molecule has 3 atom stereocenters. The highest BCUT2D eigenvalue weighted by Crippen LogP contribution is 2.27. The molecule has 1 saturated heterocycles. The molecular formula is C15H22FNO. The number of hydrogen-bond donors (Lipinski definition) is 1. The summed E-state index contributed by atoms with van der Waals surface area (Å²) in [6.45, 7) is 7.15. The van der Waals surface area contributed by atoms with E-state index in [2.05, 4.69) is 26.1 Å². The van der Waals surface area contributed by atoms with E-state index in [0.29, 0.717) is 24.1 Å². The molecule has 3 heteroatoms. The van der Waals surface area contributed by atoms with Gasteiger partial charge < -0.3 is 10.1 Å². The zero-order valence-corrected chi connectivity index (χ0v) is 11.3. The Balaban J connectivity index is 2.17. The Hall–Kier alpha value is -0.930. The van der Waals surface area contributed by atoms with Crippen LogP contribution in [0.3, 0.4) is 0 Å². The average Bonchev–Trinajstić information content (AvgIpc) is 2.52. The minimum absolute atomic E-state index is 0.122. The van der Waals surface area contributed by atoms with Gasteiger partial charge >= 0.3 is 0 Å². The van der Waals surface area contributed by atoms with Crippen LogP contribution in [0.25, 0.3) is 0 Å². The summed E-state index contributed by atoms with van der Waals surface area (Å²) in [7, 11) is 0. The van der Waals surface area contributed by atoms with E-state index in [-0.39, 0.29) is 18.0 Å².